The quantitative estimate of drug-likeness (QED) is 0.747. The van der Waals surface area contributed by atoms with Gasteiger partial charge in [-0.25, -0.2) is 0 Å². The van der Waals surface area contributed by atoms with Crippen LogP contribution in [0.1, 0.15) is 12.5 Å². The van der Waals surface area contributed by atoms with Crippen molar-refractivity contribution in [2.45, 2.75) is 12.8 Å². The SMILES string of the molecule is CCN1CCN(c2ccc(CCl)cc2)CC1. The fourth-order valence-electron chi connectivity index (χ4n) is 2.12. The lowest BCUT2D eigenvalue weighted by molar-refractivity contribution is 0.271. The molecule has 1 aliphatic heterocycles. The van der Waals surface area contributed by atoms with Crippen molar-refractivity contribution >= 4 is 17.3 Å². The van der Waals surface area contributed by atoms with E-state index in [1.807, 2.05) is 0 Å². The van der Waals surface area contributed by atoms with Crippen molar-refractivity contribution in [1.29, 1.82) is 0 Å². The van der Waals surface area contributed by atoms with Crippen molar-refractivity contribution in [3.05, 3.63) is 29.8 Å². The molecule has 0 N–H and O–H groups in total. The smallest absolute Gasteiger partial charge is 0.0474 e. The molecule has 0 aromatic heterocycles. The Morgan fingerprint density at radius 2 is 1.69 bits per heavy atom. The molecule has 1 aliphatic rings. The molecule has 0 amide bonds. The summed E-state index contributed by atoms with van der Waals surface area (Å²) in [5.41, 5.74) is 2.52. The van der Waals surface area contributed by atoms with Gasteiger partial charge in [0.1, 0.15) is 0 Å². The normalized spacial score (nSPS) is 17.8. The first kappa shape index (κ1) is 11.7. The van der Waals surface area contributed by atoms with Crippen LogP contribution in [0.5, 0.6) is 0 Å². The number of benzene rings is 1. The van der Waals surface area contributed by atoms with Crippen LogP contribution in [0, 0.1) is 0 Å². The van der Waals surface area contributed by atoms with Crippen LogP contribution in [0.4, 0.5) is 5.69 Å². The average molecular weight is 239 g/mol. The molecule has 1 saturated heterocycles. The van der Waals surface area contributed by atoms with Crippen LogP contribution in [0.2, 0.25) is 0 Å². The number of hydrogen-bond donors (Lipinski definition) is 0. The fraction of sp³-hybridized carbons (Fsp3) is 0.538. The Labute approximate surface area is 103 Å². The zero-order valence-electron chi connectivity index (χ0n) is 9.82. The van der Waals surface area contributed by atoms with Gasteiger partial charge in [0.15, 0.2) is 0 Å². The van der Waals surface area contributed by atoms with Crippen LogP contribution in [0.3, 0.4) is 0 Å². The second-order valence-corrected chi connectivity index (χ2v) is 4.49. The molecule has 1 heterocycles. The van der Waals surface area contributed by atoms with Crippen LogP contribution < -0.4 is 4.90 Å². The van der Waals surface area contributed by atoms with E-state index in [0.29, 0.717) is 5.88 Å². The molecule has 1 fully saturated rings. The highest BCUT2D eigenvalue weighted by atomic mass is 35.5. The first-order valence-electron chi connectivity index (χ1n) is 5.95. The van der Waals surface area contributed by atoms with Crippen LogP contribution >= 0.6 is 11.6 Å². The second kappa shape index (κ2) is 5.55. The third-order valence-electron chi connectivity index (χ3n) is 3.28. The molecule has 16 heavy (non-hydrogen) atoms. The van der Waals surface area contributed by atoms with E-state index in [1.165, 1.54) is 30.9 Å². The molecule has 2 rings (SSSR count). The van der Waals surface area contributed by atoms with Crippen molar-refractivity contribution in [3.63, 3.8) is 0 Å². The molecule has 0 saturated carbocycles. The number of nitrogens with zero attached hydrogens (tertiary/aromatic N) is 2. The minimum Gasteiger partial charge on any atom is -0.369 e. The summed E-state index contributed by atoms with van der Waals surface area (Å²) in [7, 11) is 0. The third-order valence-corrected chi connectivity index (χ3v) is 3.58. The molecule has 0 bridgehead atoms. The summed E-state index contributed by atoms with van der Waals surface area (Å²) in [6.45, 7) is 8.01. The number of alkyl halides is 1. The van der Waals surface area contributed by atoms with Gasteiger partial charge in [0.05, 0.1) is 0 Å². The third kappa shape index (κ3) is 2.69. The molecule has 0 radical (unpaired) electrons. The van der Waals surface area contributed by atoms with Crippen molar-refractivity contribution < 1.29 is 0 Å². The van der Waals surface area contributed by atoms with E-state index in [-0.39, 0.29) is 0 Å². The van der Waals surface area contributed by atoms with E-state index in [0.717, 1.165) is 13.1 Å². The summed E-state index contributed by atoms with van der Waals surface area (Å²) in [6, 6.07) is 8.60. The Kier molecular flexibility index (Phi) is 4.08. The Morgan fingerprint density at radius 3 is 2.19 bits per heavy atom. The van der Waals surface area contributed by atoms with Gasteiger partial charge in [-0.2, -0.15) is 0 Å². The zero-order valence-corrected chi connectivity index (χ0v) is 10.6. The lowest BCUT2D eigenvalue weighted by Crippen LogP contribution is -2.46. The van der Waals surface area contributed by atoms with Crippen LogP contribution in [-0.4, -0.2) is 37.6 Å². The van der Waals surface area contributed by atoms with Gasteiger partial charge in [-0.15, -0.1) is 11.6 Å². The second-order valence-electron chi connectivity index (χ2n) is 4.22. The van der Waals surface area contributed by atoms with Gasteiger partial charge in [-0.05, 0) is 24.2 Å². The van der Waals surface area contributed by atoms with E-state index < -0.39 is 0 Å². The Morgan fingerprint density at radius 1 is 1.06 bits per heavy atom. The summed E-state index contributed by atoms with van der Waals surface area (Å²) in [5, 5.41) is 0. The predicted octanol–water partition coefficient (Wildman–Crippen LogP) is 2.57. The zero-order chi connectivity index (χ0) is 11.4. The van der Waals surface area contributed by atoms with Crippen LogP contribution in [-0.2, 0) is 5.88 Å². The number of halogens is 1. The lowest BCUT2D eigenvalue weighted by Gasteiger charge is -2.35. The summed E-state index contributed by atoms with van der Waals surface area (Å²) in [6.07, 6.45) is 0. The van der Waals surface area contributed by atoms with Gasteiger partial charge in [-0.1, -0.05) is 19.1 Å². The fourth-order valence-corrected chi connectivity index (χ4v) is 2.30. The van der Waals surface area contributed by atoms with Crippen molar-refractivity contribution in [3.8, 4) is 0 Å². The maximum atomic E-state index is 5.78. The first-order valence-corrected chi connectivity index (χ1v) is 6.49. The summed E-state index contributed by atoms with van der Waals surface area (Å²) >= 11 is 5.78. The predicted molar refractivity (Wildman–Crippen MR) is 70.3 cm³/mol. The Balaban J connectivity index is 1.97. The molecule has 0 aliphatic carbocycles. The molecule has 2 nitrogen and oxygen atoms in total. The van der Waals surface area contributed by atoms with Gasteiger partial charge >= 0.3 is 0 Å². The summed E-state index contributed by atoms with van der Waals surface area (Å²) < 4.78 is 0. The van der Waals surface area contributed by atoms with Gasteiger partial charge in [0.25, 0.3) is 0 Å². The maximum absolute atomic E-state index is 5.78. The Hall–Kier alpha value is -0.730. The van der Waals surface area contributed by atoms with Crippen molar-refractivity contribution in [2.75, 3.05) is 37.6 Å². The van der Waals surface area contributed by atoms with Gasteiger partial charge in [0.2, 0.25) is 0 Å². The van der Waals surface area contributed by atoms with Crippen LogP contribution in [0.15, 0.2) is 24.3 Å². The minimum absolute atomic E-state index is 0.601. The van der Waals surface area contributed by atoms with E-state index in [2.05, 4.69) is 41.0 Å². The highest BCUT2D eigenvalue weighted by Gasteiger charge is 2.15. The number of rotatable bonds is 3. The molecule has 0 atom stereocenters. The standard InChI is InChI=1S/C13H19ClN2/c1-2-15-7-9-16(10-8-15)13-5-3-12(11-14)4-6-13/h3-6H,2,7-11H2,1H3. The van der Waals surface area contributed by atoms with E-state index in [1.54, 1.807) is 0 Å². The highest BCUT2D eigenvalue weighted by Crippen LogP contribution is 2.17. The minimum atomic E-state index is 0.601. The Bertz CT molecular complexity index is 315. The van der Waals surface area contributed by atoms with E-state index in [9.17, 15) is 0 Å². The lowest BCUT2D eigenvalue weighted by atomic mass is 10.2. The van der Waals surface area contributed by atoms with Gasteiger partial charge in [0, 0.05) is 37.7 Å². The van der Waals surface area contributed by atoms with Crippen LogP contribution in [0.25, 0.3) is 0 Å². The number of hydrogen-bond acceptors (Lipinski definition) is 2. The summed E-state index contributed by atoms with van der Waals surface area (Å²) in [5.74, 6) is 0.601. The van der Waals surface area contributed by atoms with E-state index >= 15 is 0 Å². The topological polar surface area (TPSA) is 6.48 Å². The molecule has 0 spiro atoms. The molecule has 3 heteroatoms. The van der Waals surface area contributed by atoms with E-state index in [4.69, 9.17) is 11.6 Å². The summed E-state index contributed by atoms with van der Waals surface area (Å²) in [4.78, 5) is 4.94. The van der Waals surface area contributed by atoms with Crippen molar-refractivity contribution in [1.82, 2.24) is 4.90 Å². The monoisotopic (exact) mass is 238 g/mol. The van der Waals surface area contributed by atoms with Gasteiger partial charge < -0.3 is 9.80 Å². The first-order chi connectivity index (χ1) is 7.83. The molecule has 1 aromatic rings. The molecular formula is C13H19ClN2. The van der Waals surface area contributed by atoms with Crippen molar-refractivity contribution in [2.24, 2.45) is 0 Å². The number of anilines is 1. The highest BCUT2D eigenvalue weighted by molar-refractivity contribution is 6.17. The molecule has 1 aromatic carbocycles. The number of likely N-dealkylation sites (N-methyl/N-ethyl adjacent to an activating group) is 1. The molecular weight excluding hydrogens is 220 g/mol. The average Bonchev–Trinajstić information content (AvgIpc) is 2.39. The molecule has 88 valence electrons. The number of piperazine rings is 1. The molecule has 0 unspecified atom stereocenters. The largest absolute Gasteiger partial charge is 0.369 e. The van der Waals surface area contributed by atoms with Gasteiger partial charge in [-0.3, -0.25) is 0 Å². The maximum Gasteiger partial charge on any atom is 0.0474 e.